The maximum atomic E-state index is 13.6. The molecule has 4 aliphatic rings. The van der Waals surface area contributed by atoms with Crippen LogP contribution in [0.25, 0.3) is 0 Å². The number of hydrogen-bond donors (Lipinski definition) is 2. The average Bonchev–Trinajstić information content (AvgIpc) is 3.34. The van der Waals surface area contributed by atoms with Crippen molar-refractivity contribution in [1.82, 2.24) is 0 Å². The van der Waals surface area contributed by atoms with Crippen LogP contribution in [0.3, 0.4) is 0 Å². The average molecular weight is 334 g/mol. The molecule has 0 aromatic heterocycles. The van der Waals surface area contributed by atoms with Crippen molar-refractivity contribution in [3.05, 3.63) is 29.6 Å². The molecule has 0 amide bonds. The van der Waals surface area contributed by atoms with E-state index < -0.39 is 17.4 Å². The number of aromatic hydroxyl groups is 1. The zero-order chi connectivity index (χ0) is 16.9. The largest absolute Gasteiger partial charge is 0.508 e. The van der Waals surface area contributed by atoms with Gasteiger partial charge in [-0.15, -0.1) is 0 Å². The third-order valence-corrected chi connectivity index (χ3v) is 6.47. The SMILES string of the molecule is O=C(O)C1CC1CCC12CCC(c3cc(O)cc(F)c3)(CC1)OC2. The van der Waals surface area contributed by atoms with E-state index in [1.54, 1.807) is 6.07 Å². The van der Waals surface area contributed by atoms with Gasteiger partial charge in [-0.05, 0) is 74.0 Å². The van der Waals surface area contributed by atoms with Crippen LogP contribution >= 0.6 is 0 Å². The number of halogens is 1. The smallest absolute Gasteiger partial charge is 0.306 e. The van der Waals surface area contributed by atoms with Crippen LogP contribution < -0.4 is 0 Å². The molecule has 1 aromatic carbocycles. The van der Waals surface area contributed by atoms with Gasteiger partial charge in [0, 0.05) is 6.07 Å². The lowest BCUT2D eigenvalue weighted by Gasteiger charge is -2.53. The van der Waals surface area contributed by atoms with Crippen LogP contribution in [-0.2, 0) is 15.1 Å². The molecule has 2 aliphatic carbocycles. The van der Waals surface area contributed by atoms with Gasteiger partial charge in [0.1, 0.15) is 11.6 Å². The van der Waals surface area contributed by atoms with Crippen molar-refractivity contribution in [2.45, 2.75) is 50.5 Å². The highest BCUT2D eigenvalue weighted by atomic mass is 19.1. The summed E-state index contributed by atoms with van der Waals surface area (Å²) >= 11 is 0. The number of phenolic OH excluding ortho intramolecular Hbond substituents is 1. The zero-order valence-corrected chi connectivity index (χ0v) is 13.6. The van der Waals surface area contributed by atoms with Crippen LogP contribution in [0, 0.1) is 23.1 Å². The molecule has 2 atom stereocenters. The Bertz CT molecular complexity index is 627. The molecule has 2 bridgehead atoms. The van der Waals surface area contributed by atoms with E-state index in [1.807, 2.05) is 0 Å². The summed E-state index contributed by atoms with van der Waals surface area (Å²) in [7, 11) is 0. The number of hydrogen-bond acceptors (Lipinski definition) is 3. The summed E-state index contributed by atoms with van der Waals surface area (Å²) in [4.78, 5) is 11.0. The number of carboxylic acids is 1. The second-order valence-electron chi connectivity index (χ2n) is 7.96. The van der Waals surface area contributed by atoms with E-state index >= 15 is 0 Å². The maximum absolute atomic E-state index is 13.6. The van der Waals surface area contributed by atoms with Gasteiger partial charge in [0.05, 0.1) is 18.1 Å². The number of benzene rings is 1. The fourth-order valence-electron chi connectivity index (χ4n) is 4.66. The summed E-state index contributed by atoms with van der Waals surface area (Å²) < 4.78 is 19.8. The molecule has 5 rings (SSSR count). The topological polar surface area (TPSA) is 66.8 Å². The molecule has 4 nitrogen and oxygen atoms in total. The quantitative estimate of drug-likeness (QED) is 0.859. The molecule has 1 aromatic rings. The molecule has 2 aliphatic heterocycles. The summed E-state index contributed by atoms with van der Waals surface area (Å²) in [6.07, 6.45) is 6.52. The molecule has 130 valence electrons. The van der Waals surface area contributed by atoms with E-state index in [-0.39, 0.29) is 17.1 Å². The van der Waals surface area contributed by atoms with Crippen LogP contribution in [0.15, 0.2) is 18.2 Å². The number of carbonyl (C=O) groups is 1. The van der Waals surface area contributed by atoms with Crippen LogP contribution in [0.2, 0.25) is 0 Å². The third-order valence-electron chi connectivity index (χ3n) is 6.47. The monoisotopic (exact) mass is 334 g/mol. The van der Waals surface area contributed by atoms with E-state index in [1.165, 1.54) is 6.07 Å². The van der Waals surface area contributed by atoms with E-state index in [9.17, 15) is 14.3 Å². The minimum atomic E-state index is -0.661. The van der Waals surface area contributed by atoms with Gasteiger partial charge in [-0.3, -0.25) is 4.79 Å². The van der Waals surface area contributed by atoms with Gasteiger partial charge in [0.25, 0.3) is 0 Å². The Kier molecular flexibility index (Phi) is 3.60. The van der Waals surface area contributed by atoms with Crippen molar-refractivity contribution < 1.29 is 24.1 Å². The number of carboxylic acid groups (broad SMARTS) is 1. The first kappa shape index (κ1) is 15.9. The van der Waals surface area contributed by atoms with Crippen LogP contribution in [-0.4, -0.2) is 22.8 Å². The molecule has 2 saturated carbocycles. The Morgan fingerprint density at radius 3 is 2.54 bits per heavy atom. The Morgan fingerprint density at radius 1 is 1.25 bits per heavy atom. The fourth-order valence-corrected chi connectivity index (χ4v) is 4.66. The molecule has 24 heavy (non-hydrogen) atoms. The molecule has 5 heteroatoms. The van der Waals surface area contributed by atoms with Gasteiger partial charge in [-0.2, -0.15) is 0 Å². The van der Waals surface area contributed by atoms with E-state index in [4.69, 9.17) is 9.84 Å². The van der Waals surface area contributed by atoms with Crippen molar-refractivity contribution in [2.75, 3.05) is 6.61 Å². The summed E-state index contributed by atoms with van der Waals surface area (Å²) in [6.45, 7) is 0.648. The van der Waals surface area contributed by atoms with Crippen molar-refractivity contribution in [1.29, 1.82) is 0 Å². The number of fused-ring (bicyclic) bond motifs is 3. The van der Waals surface area contributed by atoms with Gasteiger partial charge in [-0.25, -0.2) is 4.39 Å². The molecule has 2 N–H and O–H groups in total. The lowest BCUT2D eigenvalue weighted by molar-refractivity contribution is -0.192. The lowest BCUT2D eigenvalue weighted by atomic mass is 9.62. The highest BCUT2D eigenvalue weighted by Crippen LogP contribution is 2.57. The third kappa shape index (κ3) is 2.69. The Morgan fingerprint density at radius 2 is 2.00 bits per heavy atom. The highest BCUT2D eigenvalue weighted by Gasteiger charge is 2.52. The first-order valence-corrected chi connectivity index (χ1v) is 8.78. The van der Waals surface area contributed by atoms with Gasteiger partial charge >= 0.3 is 5.97 Å². The summed E-state index contributed by atoms with van der Waals surface area (Å²) in [5, 5.41) is 18.7. The Labute approximate surface area is 140 Å². The summed E-state index contributed by atoms with van der Waals surface area (Å²) in [6, 6.07) is 4.20. The number of ether oxygens (including phenoxy) is 1. The number of phenols is 1. The van der Waals surface area contributed by atoms with E-state index in [0.29, 0.717) is 12.5 Å². The lowest BCUT2D eigenvalue weighted by Crippen LogP contribution is -2.49. The minimum Gasteiger partial charge on any atom is -0.508 e. The first-order chi connectivity index (χ1) is 11.4. The van der Waals surface area contributed by atoms with Crippen molar-refractivity contribution in [3.63, 3.8) is 0 Å². The standard InChI is InChI=1S/C19H23FO4/c20-14-8-13(9-15(21)10-14)19-5-3-18(4-6-19,11-24-19)2-1-12-7-16(12)17(22)23/h8-10,12,16,21H,1-7,11H2,(H,22,23). The van der Waals surface area contributed by atoms with Crippen LogP contribution in [0.5, 0.6) is 5.75 Å². The first-order valence-electron chi connectivity index (χ1n) is 8.78. The molecular formula is C19H23FO4. The van der Waals surface area contributed by atoms with Crippen molar-refractivity contribution in [3.8, 4) is 5.75 Å². The second-order valence-corrected chi connectivity index (χ2v) is 7.96. The Hall–Kier alpha value is -1.62. The number of aliphatic carboxylic acids is 1. The molecule has 2 saturated heterocycles. The fraction of sp³-hybridized carbons (Fsp3) is 0.632. The minimum absolute atomic E-state index is 0.0566. The molecular weight excluding hydrogens is 311 g/mol. The van der Waals surface area contributed by atoms with E-state index in [2.05, 4.69) is 0 Å². The number of rotatable bonds is 5. The molecule has 2 unspecified atom stereocenters. The highest BCUT2D eigenvalue weighted by molar-refractivity contribution is 5.73. The molecule has 0 spiro atoms. The van der Waals surface area contributed by atoms with Gasteiger partial charge in [0.2, 0.25) is 0 Å². The van der Waals surface area contributed by atoms with Crippen molar-refractivity contribution in [2.24, 2.45) is 17.3 Å². The normalized spacial score (nSPS) is 37.4. The summed E-state index contributed by atoms with van der Waals surface area (Å²) in [5.74, 6) is -0.946. The Balaban J connectivity index is 1.41. The molecule has 4 fully saturated rings. The molecule has 2 heterocycles. The second kappa shape index (κ2) is 5.45. The van der Waals surface area contributed by atoms with Gasteiger partial charge < -0.3 is 14.9 Å². The summed E-state index contributed by atoms with van der Waals surface area (Å²) in [5.41, 5.74) is 0.425. The maximum Gasteiger partial charge on any atom is 0.306 e. The molecule has 0 radical (unpaired) electrons. The van der Waals surface area contributed by atoms with Crippen LogP contribution in [0.1, 0.15) is 50.5 Å². The predicted octanol–water partition coefficient (Wildman–Crippen LogP) is 3.82. The zero-order valence-electron chi connectivity index (χ0n) is 13.6. The van der Waals surface area contributed by atoms with Gasteiger partial charge in [0.15, 0.2) is 0 Å². The van der Waals surface area contributed by atoms with Crippen molar-refractivity contribution >= 4 is 5.97 Å². The predicted molar refractivity (Wildman–Crippen MR) is 85.1 cm³/mol. The van der Waals surface area contributed by atoms with Gasteiger partial charge in [-0.1, -0.05) is 0 Å². The van der Waals surface area contributed by atoms with E-state index in [0.717, 1.165) is 56.6 Å². The van der Waals surface area contributed by atoms with Crippen LogP contribution in [0.4, 0.5) is 4.39 Å².